The lowest BCUT2D eigenvalue weighted by Gasteiger charge is -2.41. The second kappa shape index (κ2) is 6.60. The predicted molar refractivity (Wildman–Crippen MR) is 98.7 cm³/mol. The number of rotatable bonds is 3. The third-order valence-electron chi connectivity index (χ3n) is 6.26. The molecule has 3 rings (SSSR count). The van der Waals surface area contributed by atoms with Gasteiger partial charge < -0.3 is 16.4 Å². The van der Waals surface area contributed by atoms with Crippen LogP contribution in [0.4, 0.5) is 5.95 Å². The van der Waals surface area contributed by atoms with Crippen LogP contribution in [0.3, 0.4) is 0 Å². The van der Waals surface area contributed by atoms with Gasteiger partial charge in [0.25, 0.3) is 0 Å². The highest BCUT2D eigenvalue weighted by Crippen LogP contribution is 2.38. The van der Waals surface area contributed by atoms with Crippen molar-refractivity contribution in [2.24, 2.45) is 23.3 Å². The van der Waals surface area contributed by atoms with Gasteiger partial charge in [-0.1, -0.05) is 13.8 Å². The van der Waals surface area contributed by atoms with Gasteiger partial charge in [0.05, 0.1) is 0 Å². The normalized spacial score (nSPS) is 32.3. The van der Waals surface area contributed by atoms with Crippen LogP contribution in [0.25, 0.3) is 0 Å². The second-order valence-corrected chi connectivity index (χ2v) is 8.65. The fourth-order valence-electron chi connectivity index (χ4n) is 4.06. The average Bonchev–Trinajstić information content (AvgIpc) is 2.58. The van der Waals surface area contributed by atoms with Crippen LogP contribution in [-0.2, 0) is 5.54 Å². The van der Waals surface area contributed by atoms with Gasteiger partial charge in [0.2, 0.25) is 5.95 Å². The monoisotopic (exact) mass is 331 g/mol. The Morgan fingerprint density at radius 1 is 1.04 bits per heavy atom. The zero-order valence-corrected chi connectivity index (χ0v) is 15.5. The van der Waals surface area contributed by atoms with Crippen LogP contribution >= 0.6 is 0 Å². The summed E-state index contributed by atoms with van der Waals surface area (Å²) in [7, 11) is 0. The average molecular weight is 332 g/mol. The number of anilines is 1. The molecule has 134 valence electrons. The van der Waals surface area contributed by atoms with Gasteiger partial charge in [0.15, 0.2) is 0 Å². The molecule has 1 saturated heterocycles. The molecular formula is C19H33N5. The SMILES string of the molecule is CC(C)C1CCN(c2ncc(C3(N)CCC(C)(N)CC3)cn2)CC1. The number of aromatic nitrogens is 2. The first-order chi connectivity index (χ1) is 11.3. The van der Waals surface area contributed by atoms with Crippen molar-refractivity contribution in [3.05, 3.63) is 18.0 Å². The Bertz CT molecular complexity index is 533. The molecule has 0 unspecified atom stereocenters. The van der Waals surface area contributed by atoms with Gasteiger partial charge in [0, 0.05) is 42.1 Å². The molecule has 5 nitrogen and oxygen atoms in total. The summed E-state index contributed by atoms with van der Waals surface area (Å²) in [4.78, 5) is 11.6. The number of nitrogens with zero attached hydrogens (tertiary/aromatic N) is 3. The first kappa shape index (κ1) is 17.6. The van der Waals surface area contributed by atoms with Gasteiger partial charge >= 0.3 is 0 Å². The minimum atomic E-state index is -0.317. The Morgan fingerprint density at radius 3 is 2.08 bits per heavy atom. The Hall–Kier alpha value is -1.20. The van der Waals surface area contributed by atoms with E-state index < -0.39 is 0 Å². The largest absolute Gasteiger partial charge is 0.341 e. The van der Waals surface area contributed by atoms with Crippen LogP contribution in [0.1, 0.15) is 64.9 Å². The molecule has 4 N–H and O–H groups in total. The molecule has 0 spiro atoms. The molecule has 0 bridgehead atoms. The third-order valence-corrected chi connectivity index (χ3v) is 6.26. The molecule has 1 aliphatic heterocycles. The van der Waals surface area contributed by atoms with Crippen LogP contribution in [0.5, 0.6) is 0 Å². The molecule has 0 aromatic carbocycles. The van der Waals surface area contributed by atoms with Crippen molar-refractivity contribution in [2.75, 3.05) is 18.0 Å². The first-order valence-corrected chi connectivity index (χ1v) is 9.44. The van der Waals surface area contributed by atoms with E-state index in [1.54, 1.807) is 0 Å². The Kier molecular flexibility index (Phi) is 4.85. The van der Waals surface area contributed by atoms with Gasteiger partial charge in [0.1, 0.15) is 0 Å². The predicted octanol–water partition coefficient (Wildman–Crippen LogP) is 2.79. The summed E-state index contributed by atoms with van der Waals surface area (Å²) >= 11 is 0. The maximum atomic E-state index is 6.63. The van der Waals surface area contributed by atoms with Crippen molar-refractivity contribution >= 4 is 5.95 Å². The second-order valence-electron chi connectivity index (χ2n) is 8.65. The maximum absolute atomic E-state index is 6.63. The Morgan fingerprint density at radius 2 is 1.58 bits per heavy atom. The quantitative estimate of drug-likeness (QED) is 0.890. The van der Waals surface area contributed by atoms with Crippen LogP contribution in [-0.4, -0.2) is 28.6 Å². The van der Waals surface area contributed by atoms with Gasteiger partial charge in [-0.15, -0.1) is 0 Å². The molecular weight excluding hydrogens is 298 g/mol. The smallest absolute Gasteiger partial charge is 0.225 e. The standard InChI is InChI=1S/C19H33N5/c1-14(2)15-4-10-24(11-5-15)17-22-12-16(13-23-17)19(21)8-6-18(3,20)7-9-19/h12-15H,4-11,20-21H2,1-3H3. The summed E-state index contributed by atoms with van der Waals surface area (Å²) in [6, 6.07) is 0. The minimum absolute atomic E-state index is 0.0789. The van der Waals surface area contributed by atoms with E-state index in [0.717, 1.165) is 62.1 Å². The van der Waals surface area contributed by atoms with Crippen molar-refractivity contribution < 1.29 is 0 Å². The van der Waals surface area contributed by atoms with Crippen LogP contribution in [0, 0.1) is 11.8 Å². The fraction of sp³-hybridized carbons (Fsp3) is 0.789. The van der Waals surface area contributed by atoms with Crippen LogP contribution < -0.4 is 16.4 Å². The molecule has 1 aromatic rings. The van der Waals surface area contributed by atoms with E-state index >= 15 is 0 Å². The van der Waals surface area contributed by atoms with E-state index in [4.69, 9.17) is 11.5 Å². The maximum Gasteiger partial charge on any atom is 0.225 e. The Balaban J connectivity index is 1.64. The van der Waals surface area contributed by atoms with Crippen LogP contribution in [0.15, 0.2) is 12.4 Å². The first-order valence-electron chi connectivity index (χ1n) is 9.44. The number of hydrogen-bond acceptors (Lipinski definition) is 5. The molecule has 0 amide bonds. The molecule has 2 fully saturated rings. The van der Waals surface area contributed by atoms with E-state index in [1.807, 2.05) is 12.4 Å². The fourth-order valence-corrected chi connectivity index (χ4v) is 4.06. The molecule has 1 aromatic heterocycles. The molecule has 5 heteroatoms. The van der Waals surface area contributed by atoms with E-state index in [0.29, 0.717) is 0 Å². The lowest BCUT2D eigenvalue weighted by atomic mass is 9.71. The summed E-state index contributed by atoms with van der Waals surface area (Å²) in [5.41, 5.74) is 13.5. The van der Waals surface area contributed by atoms with Crippen molar-refractivity contribution in [1.29, 1.82) is 0 Å². The van der Waals surface area contributed by atoms with E-state index in [9.17, 15) is 0 Å². The van der Waals surface area contributed by atoms with Gasteiger partial charge in [-0.05, 0) is 57.3 Å². The van der Waals surface area contributed by atoms with Gasteiger partial charge in [-0.25, -0.2) is 9.97 Å². The highest BCUT2D eigenvalue weighted by molar-refractivity contribution is 5.32. The number of piperidine rings is 1. The summed E-state index contributed by atoms with van der Waals surface area (Å²) in [6.07, 6.45) is 10.1. The highest BCUT2D eigenvalue weighted by Gasteiger charge is 2.37. The zero-order valence-electron chi connectivity index (χ0n) is 15.5. The molecule has 0 radical (unpaired) electrons. The highest BCUT2D eigenvalue weighted by atomic mass is 15.2. The summed E-state index contributed by atoms with van der Waals surface area (Å²) in [5.74, 6) is 2.46. The van der Waals surface area contributed by atoms with E-state index in [2.05, 4.69) is 35.6 Å². The van der Waals surface area contributed by atoms with E-state index in [1.165, 1.54) is 12.8 Å². The van der Waals surface area contributed by atoms with Crippen LogP contribution in [0.2, 0.25) is 0 Å². The number of nitrogens with two attached hydrogens (primary N) is 2. The minimum Gasteiger partial charge on any atom is -0.341 e. The zero-order chi connectivity index (χ0) is 17.4. The third kappa shape index (κ3) is 3.72. The van der Waals surface area contributed by atoms with Crippen molar-refractivity contribution in [1.82, 2.24) is 9.97 Å². The van der Waals surface area contributed by atoms with Gasteiger partial charge in [-0.3, -0.25) is 0 Å². The molecule has 2 heterocycles. The van der Waals surface area contributed by atoms with Crippen molar-refractivity contribution in [3.8, 4) is 0 Å². The van der Waals surface area contributed by atoms with Crippen molar-refractivity contribution in [2.45, 2.75) is 70.4 Å². The van der Waals surface area contributed by atoms with E-state index in [-0.39, 0.29) is 11.1 Å². The lowest BCUT2D eigenvalue weighted by molar-refractivity contribution is 0.216. The summed E-state index contributed by atoms with van der Waals surface area (Å²) < 4.78 is 0. The Labute approximate surface area is 146 Å². The van der Waals surface area contributed by atoms with Gasteiger partial charge in [-0.2, -0.15) is 0 Å². The molecule has 24 heavy (non-hydrogen) atoms. The summed E-state index contributed by atoms with van der Waals surface area (Å²) in [5, 5.41) is 0. The summed E-state index contributed by atoms with van der Waals surface area (Å²) in [6.45, 7) is 8.88. The van der Waals surface area contributed by atoms with Crippen molar-refractivity contribution in [3.63, 3.8) is 0 Å². The lowest BCUT2D eigenvalue weighted by Crippen LogP contribution is -2.49. The molecule has 2 aliphatic rings. The number of hydrogen-bond donors (Lipinski definition) is 2. The molecule has 0 atom stereocenters. The molecule has 1 aliphatic carbocycles. The topological polar surface area (TPSA) is 81.1 Å². The molecule has 1 saturated carbocycles.